The van der Waals surface area contributed by atoms with E-state index in [1.165, 1.54) is 17.0 Å². The molecule has 32 heavy (non-hydrogen) atoms. The van der Waals surface area contributed by atoms with Crippen LogP contribution in [0.2, 0.25) is 0 Å². The van der Waals surface area contributed by atoms with Crippen molar-refractivity contribution in [1.29, 1.82) is 0 Å². The van der Waals surface area contributed by atoms with Gasteiger partial charge in [-0.15, -0.1) is 0 Å². The molecule has 0 spiro atoms. The Bertz CT molecular complexity index is 1250. The number of aliphatic hydroxyl groups excluding tert-OH is 1. The Balaban J connectivity index is 1.85. The molecule has 4 rings (SSSR count). The molecule has 6 heteroatoms. The number of carbonyl (C=O) groups excluding carboxylic acids is 1. The molecule has 0 unspecified atom stereocenters. The first-order chi connectivity index (χ1) is 15.3. The summed E-state index contributed by atoms with van der Waals surface area (Å²) in [5.74, 6) is -1.10. The number of nitrogens with zero attached hydrogens (tertiary/aromatic N) is 1. The topological polar surface area (TPSA) is 74.7 Å². The number of sulfone groups is 1. The van der Waals surface area contributed by atoms with Gasteiger partial charge in [0.05, 0.1) is 10.9 Å². The standard InChI is InChI=1S/C26H25NO4S/c1-18(2)20-13-15-21(16-14-20)23-25(32(30,31)22-11-7-4-8-12-22)24(28)26(29)27(23)17-19-9-5-3-6-10-19/h3-16,18,23,28H,17H2,1-2H3/t23-/m0/s1. The highest BCUT2D eigenvalue weighted by Gasteiger charge is 2.46. The molecule has 5 nitrogen and oxygen atoms in total. The molecule has 1 heterocycles. The monoisotopic (exact) mass is 447 g/mol. The smallest absolute Gasteiger partial charge is 0.290 e. The molecule has 1 aliphatic rings. The van der Waals surface area contributed by atoms with Crippen LogP contribution >= 0.6 is 0 Å². The van der Waals surface area contributed by atoms with Gasteiger partial charge in [0.15, 0.2) is 5.76 Å². The van der Waals surface area contributed by atoms with Gasteiger partial charge >= 0.3 is 0 Å². The van der Waals surface area contributed by atoms with Gasteiger partial charge in [0.25, 0.3) is 5.91 Å². The second kappa shape index (κ2) is 8.63. The molecule has 0 aliphatic carbocycles. The number of aliphatic hydroxyl groups is 1. The number of benzene rings is 3. The van der Waals surface area contributed by atoms with E-state index in [-0.39, 0.29) is 16.3 Å². The molecule has 1 amide bonds. The van der Waals surface area contributed by atoms with E-state index in [2.05, 4.69) is 13.8 Å². The Hall–Kier alpha value is -3.38. The van der Waals surface area contributed by atoms with Gasteiger partial charge in [-0.2, -0.15) is 0 Å². The van der Waals surface area contributed by atoms with E-state index < -0.39 is 27.5 Å². The molecule has 3 aromatic rings. The largest absolute Gasteiger partial charge is 0.502 e. The van der Waals surface area contributed by atoms with Crippen LogP contribution in [0.3, 0.4) is 0 Å². The van der Waals surface area contributed by atoms with Gasteiger partial charge in [0, 0.05) is 6.54 Å². The molecule has 1 N–H and O–H groups in total. The van der Waals surface area contributed by atoms with Crippen molar-refractivity contribution >= 4 is 15.7 Å². The molecule has 164 valence electrons. The van der Waals surface area contributed by atoms with Gasteiger partial charge in [0.2, 0.25) is 9.84 Å². The lowest BCUT2D eigenvalue weighted by Crippen LogP contribution is -2.30. The lowest BCUT2D eigenvalue weighted by molar-refractivity contribution is -0.130. The Morgan fingerprint density at radius 2 is 1.44 bits per heavy atom. The second-order valence-corrected chi connectivity index (χ2v) is 10.1. The summed E-state index contributed by atoms with van der Waals surface area (Å²) < 4.78 is 27.1. The maximum Gasteiger partial charge on any atom is 0.290 e. The Labute approximate surface area is 188 Å². The van der Waals surface area contributed by atoms with E-state index in [9.17, 15) is 18.3 Å². The molecule has 0 aromatic heterocycles. The summed E-state index contributed by atoms with van der Waals surface area (Å²) in [5.41, 5.74) is 2.58. The average molecular weight is 448 g/mol. The molecule has 1 aliphatic heterocycles. The Morgan fingerprint density at radius 3 is 2.00 bits per heavy atom. The van der Waals surface area contributed by atoms with E-state index in [1.807, 2.05) is 54.6 Å². The zero-order valence-electron chi connectivity index (χ0n) is 18.0. The highest BCUT2D eigenvalue weighted by Crippen LogP contribution is 2.43. The maximum atomic E-state index is 13.6. The predicted molar refractivity (Wildman–Crippen MR) is 124 cm³/mol. The third-order valence-electron chi connectivity index (χ3n) is 5.71. The minimum atomic E-state index is -4.10. The predicted octanol–water partition coefficient (Wildman–Crippen LogP) is 5.14. The summed E-state index contributed by atoms with van der Waals surface area (Å²) in [4.78, 5) is 14.3. The van der Waals surface area contributed by atoms with Crippen molar-refractivity contribution in [2.75, 3.05) is 0 Å². The molecule has 0 bridgehead atoms. The summed E-state index contributed by atoms with van der Waals surface area (Å²) in [7, 11) is -4.10. The fourth-order valence-electron chi connectivity index (χ4n) is 3.97. The van der Waals surface area contributed by atoms with Crippen LogP contribution in [0, 0.1) is 0 Å². The van der Waals surface area contributed by atoms with Gasteiger partial charge < -0.3 is 10.0 Å². The Morgan fingerprint density at radius 1 is 0.875 bits per heavy atom. The SMILES string of the molecule is CC(C)c1ccc([C@H]2C(S(=O)(=O)c3ccccc3)=C(O)C(=O)N2Cc2ccccc2)cc1. The molecular formula is C26H25NO4S. The number of hydrogen-bond donors (Lipinski definition) is 1. The molecule has 3 aromatic carbocycles. The summed E-state index contributed by atoms with van der Waals surface area (Å²) in [6.07, 6.45) is 0. The van der Waals surface area contributed by atoms with Crippen LogP contribution in [0.4, 0.5) is 0 Å². The van der Waals surface area contributed by atoms with Crippen LogP contribution in [0.5, 0.6) is 0 Å². The quantitative estimate of drug-likeness (QED) is 0.568. The van der Waals surface area contributed by atoms with E-state index in [0.29, 0.717) is 11.5 Å². The van der Waals surface area contributed by atoms with Crippen molar-refractivity contribution in [3.8, 4) is 0 Å². The van der Waals surface area contributed by atoms with Crippen LogP contribution in [0.1, 0.15) is 42.5 Å². The first-order valence-corrected chi connectivity index (χ1v) is 12.0. The summed E-state index contributed by atoms with van der Waals surface area (Å²) in [6.45, 7) is 4.33. The second-order valence-electron chi connectivity index (χ2n) is 8.17. The zero-order chi connectivity index (χ0) is 22.9. The van der Waals surface area contributed by atoms with Crippen molar-refractivity contribution in [1.82, 2.24) is 4.90 Å². The third kappa shape index (κ3) is 3.94. The Kier molecular flexibility index (Phi) is 5.89. The van der Waals surface area contributed by atoms with Crippen molar-refractivity contribution in [3.63, 3.8) is 0 Å². The molecule has 0 fully saturated rings. The fourth-order valence-corrected chi connectivity index (χ4v) is 5.64. The summed E-state index contributed by atoms with van der Waals surface area (Å²) >= 11 is 0. The highest BCUT2D eigenvalue weighted by molar-refractivity contribution is 7.95. The third-order valence-corrected chi connectivity index (χ3v) is 7.60. The molecule has 1 atom stereocenters. The zero-order valence-corrected chi connectivity index (χ0v) is 18.8. The van der Waals surface area contributed by atoms with E-state index in [1.54, 1.807) is 18.2 Å². The van der Waals surface area contributed by atoms with Crippen LogP contribution in [-0.4, -0.2) is 24.3 Å². The van der Waals surface area contributed by atoms with Crippen LogP contribution in [0.25, 0.3) is 0 Å². The number of amides is 1. The normalized spacial score (nSPS) is 16.8. The first kappa shape index (κ1) is 21.8. The summed E-state index contributed by atoms with van der Waals surface area (Å²) in [5, 5.41) is 10.8. The molecular weight excluding hydrogens is 422 g/mol. The molecule has 0 radical (unpaired) electrons. The van der Waals surface area contributed by atoms with E-state index >= 15 is 0 Å². The van der Waals surface area contributed by atoms with Gasteiger partial charge in [-0.1, -0.05) is 86.6 Å². The van der Waals surface area contributed by atoms with Gasteiger partial charge in [-0.3, -0.25) is 4.79 Å². The minimum Gasteiger partial charge on any atom is -0.502 e. The lowest BCUT2D eigenvalue weighted by Gasteiger charge is -2.27. The first-order valence-electron chi connectivity index (χ1n) is 10.5. The lowest BCUT2D eigenvalue weighted by atomic mass is 9.98. The number of hydrogen-bond acceptors (Lipinski definition) is 4. The van der Waals surface area contributed by atoms with Crippen molar-refractivity contribution < 1.29 is 18.3 Å². The van der Waals surface area contributed by atoms with E-state index in [0.717, 1.165) is 11.1 Å². The van der Waals surface area contributed by atoms with Crippen LogP contribution in [0.15, 0.2) is 100 Å². The van der Waals surface area contributed by atoms with Gasteiger partial charge in [-0.25, -0.2) is 8.42 Å². The van der Waals surface area contributed by atoms with Crippen molar-refractivity contribution in [3.05, 3.63) is 112 Å². The van der Waals surface area contributed by atoms with Crippen molar-refractivity contribution in [2.24, 2.45) is 0 Å². The fraction of sp³-hybridized carbons (Fsp3) is 0.192. The maximum absolute atomic E-state index is 13.6. The number of carbonyl (C=O) groups is 1. The van der Waals surface area contributed by atoms with Gasteiger partial charge in [0.1, 0.15) is 4.91 Å². The van der Waals surface area contributed by atoms with Crippen molar-refractivity contribution in [2.45, 2.75) is 37.2 Å². The number of rotatable bonds is 6. The molecule has 0 saturated heterocycles. The highest BCUT2D eigenvalue weighted by atomic mass is 32.2. The average Bonchev–Trinajstić information content (AvgIpc) is 3.06. The van der Waals surface area contributed by atoms with Crippen LogP contribution in [-0.2, 0) is 21.2 Å². The van der Waals surface area contributed by atoms with Crippen LogP contribution < -0.4 is 0 Å². The molecule has 0 saturated carbocycles. The minimum absolute atomic E-state index is 0.0414. The summed E-state index contributed by atoms with van der Waals surface area (Å²) in [6, 6.07) is 23.9. The van der Waals surface area contributed by atoms with E-state index in [4.69, 9.17) is 0 Å². The van der Waals surface area contributed by atoms with Gasteiger partial charge in [-0.05, 0) is 34.7 Å².